The first kappa shape index (κ1) is 74.3. The maximum Gasteiger partial charge on any atom is 0.326 e. The number of carboxylic acids is 3. The van der Waals surface area contributed by atoms with Crippen molar-refractivity contribution in [3.05, 3.63) is 36.0 Å². The number of aliphatic hydroxyl groups is 4. The summed E-state index contributed by atoms with van der Waals surface area (Å²) >= 11 is 2.45. The topological polar surface area (TPSA) is 558 Å². The van der Waals surface area contributed by atoms with Crippen LogP contribution >= 0.6 is 23.5 Å². The number of fused-ring (bicyclic) bond motifs is 1. The second-order valence-electron chi connectivity index (χ2n) is 19.7. The third kappa shape index (κ3) is 25.8. The van der Waals surface area contributed by atoms with Gasteiger partial charge in [0, 0.05) is 36.5 Å². The number of hydrogen-bond donors (Lipinski definition) is 21. The Morgan fingerprint density at radius 2 is 0.930 bits per heavy atom. The molecule has 2 rings (SSSR count). The second-order valence-corrected chi connectivity index (χ2v) is 21.6. The number of para-hydroxylation sites is 1. The summed E-state index contributed by atoms with van der Waals surface area (Å²) in [6.45, 7) is 0.00844. The largest absolute Gasteiger partial charge is 0.481 e. The lowest BCUT2D eigenvalue weighted by Gasteiger charge is -2.28. The van der Waals surface area contributed by atoms with Crippen LogP contribution in [-0.4, -0.2) is 234 Å². The molecule has 0 saturated heterocycles. The molecule has 0 fully saturated rings. The third-order valence-corrected chi connectivity index (χ3v) is 14.1. The molecule has 1 aromatic carbocycles. The minimum atomic E-state index is -1.93. The van der Waals surface area contributed by atoms with Gasteiger partial charge in [-0.1, -0.05) is 18.2 Å². The van der Waals surface area contributed by atoms with Crippen molar-refractivity contribution in [2.45, 2.75) is 144 Å². The van der Waals surface area contributed by atoms with Crippen molar-refractivity contribution in [1.29, 1.82) is 5.41 Å². The van der Waals surface area contributed by atoms with Crippen LogP contribution in [0.4, 0.5) is 0 Å². The second kappa shape index (κ2) is 38.3. The van der Waals surface area contributed by atoms with E-state index < -0.39 is 189 Å². The fraction of sp³-hybridized carbons (Fsp3) is 0.588. The molecule has 1 aromatic heterocycles. The number of carbonyl (C=O) groups is 12. The summed E-state index contributed by atoms with van der Waals surface area (Å²) in [5.41, 5.74) is 12.9. The normalized spacial score (nSPS) is 15.3. The van der Waals surface area contributed by atoms with Crippen molar-refractivity contribution in [1.82, 2.24) is 58.2 Å². The van der Waals surface area contributed by atoms with Gasteiger partial charge in [0.15, 0.2) is 5.96 Å². The van der Waals surface area contributed by atoms with E-state index in [-0.39, 0.29) is 50.2 Å². The van der Waals surface area contributed by atoms with Crippen molar-refractivity contribution >= 4 is 111 Å². The number of aromatic amines is 1. The van der Waals surface area contributed by atoms with E-state index in [1.165, 1.54) is 23.5 Å². The predicted molar refractivity (Wildman–Crippen MR) is 311 cm³/mol. The number of carbonyl (C=O) groups excluding carboxylic acids is 9. The van der Waals surface area contributed by atoms with Crippen LogP contribution in [0.1, 0.15) is 70.8 Å². The highest BCUT2D eigenvalue weighted by atomic mass is 32.2. The van der Waals surface area contributed by atoms with Crippen LogP contribution in [0.5, 0.6) is 0 Å². The van der Waals surface area contributed by atoms with E-state index in [0.29, 0.717) is 5.56 Å². The quantitative estimate of drug-likeness (QED) is 0.0167. The van der Waals surface area contributed by atoms with Crippen molar-refractivity contribution in [2.75, 3.05) is 43.8 Å². The molecular formula is C51H80N14O19S2. The van der Waals surface area contributed by atoms with Crippen LogP contribution in [0, 0.1) is 5.41 Å². The Balaban J connectivity index is 2.27. The van der Waals surface area contributed by atoms with Gasteiger partial charge >= 0.3 is 17.9 Å². The number of H-pyrrole nitrogens is 1. The van der Waals surface area contributed by atoms with E-state index in [4.69, 9.17) is 16.9 Å². The molecule has 9 amide bonds. The molecule has 0 bridgehead atoms. The minimum Gasteiger partial charge on any atom is -0.481 e. The van der Waals surface area contributed by atoms with Crippen molar-refractivity contribution in [3.8, 4) is 0 Å². The Labute approximate surface area is 502 Å². The molecule has 86 heavy (non-hydrogen) atoms. The molecule has 2 aromatic rings. The van der Waals surface area contributed by atoms with Crippen LogP contribution in [0.2, 0.25) is 0 Å². The van der Waals surface area contributed by atoms with Gasteiger partial charge in [0.1, 0.15) is 54.4 Å². The summed E-state index contributed by atoms with van der Waals surface area (Å²) in [4.78, 5) is 161. The van der Waals surface area contributed by atoms with E-state index in [9.17, 15) is 93.3 Å². The molecule has 33 nitrogen and oxygen atoms in total. The molecular weight excluding hydrogens is 1180 g/mol. The standard InChI is InChI=1S/C51H80N14O19S2/c1-24(68)39(64-41(74)28(52)20-26-21-56-29-9-6-5-8-27(26)29)49(82)63-35(22-66)46(79)62-36(23-67)47(80)65-40(25(2)69)48(81)60-33(16-19-86-4)45(78)59-32(15-18-85-3)44(77)58-30(11-13-37(70)71)42(75)57-31(12-14-38(72)73)43(76)61-34(50(83)84)10-7-17-55-51(53)54/h5-6,8-9,21,24-25,28,30-36,39-40,56,66-69H,7,10-20,22-23,52H2,1-4H3,(H,57,75)(H,58,77)(H,59,78)(H,60,81)(H,61,76)(H,62,79)(H,63,82)(H,64,74)(H,65,80)(H,70,71)(H,72,73)(H,83,84)(H4,53,54,55)/t24-,25-,28+,30+,31+,32+,33+,34+,35+,36+,39+,40+/m1/s1. The number of rotatable bonds is 41. The van der Waals surface area contributed by atoms with Crippen molar-refractivity contribution in [2.24, 2.45) is 11.5 Å². The lowest BCUT2D eigenvalue weighted by atomic mass is 10.0. The maximum atomic E-state index is 14.1. The number of aliphatic carboxylic acids is 3. The lowest BCUT2D eigenvalue weighted by Crippen LogP contribution is -2.63. The van der Waals surface area contributed by atoms with Crippen LogP contribution in [0.25, 0.3) is 10.9 Å². The molecule has 35 heteroatoms. The summed E-state index contributed by atoms with van der Waals surface area (Å²) in [5, 5.41) is 101. The number of hydrogen-bond acceptors (Lipinski definition) is 20. The van der Waals surface area contributed by atoms with Crippen LogP contribution in [0.15, 0.2) is 30.5 Å². The molecule has 0 aliphatic carbocycles. The monoisotopic (exact) mass is 1260 g/mol. The van der Waals surface area contributed by atoms with Crippen LogP contribution in [-0.2, 0) is 64.0 Å². The predicted octanol–water partition coefficient (Wildman–Crippen LogP) is -6.27. The van der Waals surface area contributed by atoms with Crippen LogP contribution in [0.3, 0.4) is 0 Å². The summed E-state index contributed by atoms with van der Waals surface area (Å²) in [5.74, 6) is -14.5. The highest BCUT2D eigenvalue weighted by Crippen LogP contribution is 2.19. The summed E-state index contributed by atoms with van der Waals surface area (Å²) in [6, 6.07) is -9.52. The summed E-state index contributed by atoms with van der Waals surface area (Å²) in [6.07, 6.45) is -1.36. The lowest BCUT2D eigenvalue weighted by molar-refractivity contribution is -0.143. The molecule has 0 radical (unpaired) electrons. The summed E-state index contributed by atoms with van der Waals surface area (Å²) < 4.78 is 0. The number of aliphatic hydroxyl groups excluding tert-OH is 4. The smallest absolute Gasteiger partial charge is 0.326 e. The van der Waals surface area contributed by atoms with E-state index in [1.54, 1.807) is 24.8 Å². The number of guanidine groups is 1. The van der Waals surface area contributed by atoms with Gasteiger partial charge in [0.2, 0.25) is 53.2 Å². The van der Waals surface area contributed by atoms with Gasteiger partial charge in [-0.25, -0.2) is 4.79 Å². The van der Waals surface area contributed by atoms with Crippen molar-refractivity contribution in [3.63, 3.8) is 0 Å². The number of benzene rings is 1. The molecule has 0 aliphatic heterocycles. The van der Waals surface area contributed by atoms with Gasteiger partial charge in [-0.3, -0.25) is 58.1 Å². The zero-order valence-electron chi connectivity index (χ0n) is 47.7. The highest BCUT2D eigenvalue weighted by molar-refractivity contribution is 7.98. The van der Waals surface area contributed by atoms with E-state index >= 15 is 0 Å². The minimum absolute atomic E-state index is 0.0238. The number of amides is 9. The van der Waals surface area contributed by atoms with Gasteiger partial charge in [-0.15, -0.1) is 0 Å². The SMILES string of the molecule is CSCC[C@H](NC(=O)[C@H](CCSC)NC(=O)[C@@H](NC(=O)[C@H](CO)NC(=O)[C@H](CO)NC(=O)[C@@H](NC(=O)[C@@H](N)Cc1c[nH]c2ccccc12)[C@@H](C)O)[C@@H](C)O)C(=O)N[C@@H](CCC(=O)O)C(=O)N[C@@H](CCC(=O)O)C(=O)N[C@@H](CCCNC(=N)N)C(=O)O. The Morgan fingerprint density at radius 1 is 0.547 bits per heavy atom. The van der Waals surface area contributed by atoms with E-state index in [2.05, 4.69) is 58.2 Å². The van der Waals surface area contributed by atoms with E-state index in [0.717, 1.165) is 24.8 Å². The Bertz CT molecular complexity index is 2670. The number of nitrogens with one attached hydrogen (secondary N) is 12. The first-order valence-electron chi connectivity index (χ1n) is 26.9. The number of aromatic nitrogens is 1. The average Bonchev–Trinajstić information content (AvgIpc) is 3.94. The highest BCUT2D eigenvalue weighted by Gasteiger charge is 2.37. The molecule has 1 heterocycles. The number of nitrogens with two attached hydrogens (primary N) is 2. The zero-order chi connectivity index (χ0) is 64.8. The molecule has 480 valence electrons. The molecule has 0 spiro atoms. The fourth-order valence-corrected chi connectivity index (χ4v) is 9.04. The molecule has 0 aliphatic rings. The fourth-order valence-electron chi connectivity index (χ4n) is 8.10. The number of thioether (sulfide) groups is 2. The van der Waals surface area contributed by atoms with Gasteiger partial charge in [0.25, 0.3) is 0 Å². The third-order valence-electron chi connectivity index (χ3n) is 12.9. The van der Waals surface area contributed by atoms with Gasteiger partial charge in [0.05, 0.1) is 31.5 Å². The Morgan fingerprint density at radius 3 is 1.35 bits per heavy atom. The Kier molecular flexibility index (Phi) is 33.0. The molecule has 12 atom stereocenters. The molecule has 0 saturated carbocycles. The van der Waals surface area contributed by atoms with Gasteiger partial charge in [-0.05, 0) is 94.4 Å². The zero-order valence-corrected chi connectivity index (χ0v) is 49.3. The molecule has 0 unspecified atom stereocenters. The van der Waals surface area contributed by atoms with Crippen LogP contribution < -0.4 is 64.6 Å². The average molecular weight is 1260 g/mol. The first-order chi connectivity index (χ1) is 40.6. The van der Waals surface area contributed by atoms with Gasteiger partial charge < -0.3 is 105 Å². The van der Waals surface area contributed by atoms with Gasteiger partial charge in [-0.2, -0.15) is 23.5 Å². The summed E-state index contributed by atoms with van der Waals surface area (Å²) in [7, 11) is 0. The maximum absolute atomic E-state index is 14.1. The first-order valence-corrected chi connectivity index (χ1v) is 29.7. The molecule has 23 N–H and O–H groups in total. The van der Waals surface area contributed by atoms with Crippen molar-refractivity contribution < 1.29 is 93.3 Å². The van der Waals surface area contributed by atoms with E-state index in [1.807, 2.05) is 18.2 Å². The Hall–Kier alpha value is -7.83. The number of carboxylic acid groups (broad SMARTS) is 3.